The van der Waals surface area contributed by atoms with Gasteiger partial charge in [-0.25, -0.2) is 14.4 Å². The van der Waals surface area contributed by atoms with Crippen LogP contribution in [-0.4, -0.2) is 29.0 Å². The SMILES string of the molecule is CCN(CC)c1ccc(NC(=O)c2cc(Nc3ccc(F)cc3)nc(C)n2)cc1. The Morgan fingerprint density at radius 1 is 0.966 bits per heavy atom. The highest BCUT2D eigenvalue weighted by Crippen LogP contribution is 2.19. The minimum absolute atomic E-state index is 0.245. The molecule has 0 aliphatic heterocycles. The van der Waals surface area contributed by atoms with Crippen LogP contribution in [0, 0.1) is 12.7 Å². The first-order chi connectivity index (χ1) is 14.0. The van der Waals surface area contributed by atoms with Crippen molar-refractivity contribution >= 4 is 28.8 Å². The number of nitrogens with one attached hydrogen (secondary N) is 2. The second-order valence-corrected chi connectivity index (χ2v) is 6.49. The number of nitrogens with zero attached hydrogens (tertiary/aromatic N) is 3. The Morgan fingerprint density at radius 3 is 2.21 bits per heavy atom. The highest BCUT2D eigenvalue weighted by molar-refractivity contribution is 6.03. The van der Waals surface area contributed by atoms with Gasteiger partial charge in [-0.2, -0.15) is 0 Å². The van der Waals surface area contributed by atoms with Gasteiger partial charge in [-0.3, -0.25) is 4.79 Å². The van der Waals surface area contributed by atoms with Crippen molar-refractivity contribution in [3.05, 3.63) is 71.9 Å². The summed E-state index contributed by atoms with van der Waals surface area (Å²) in [7, 11) is 0. The fraction of sp³-hybridized carbons (Fsp3) is 0.227. The van der Waals surface area contributed by atoms with E-state index >= 15 is 0 Å². The predicted octanol–water partition coefficient (Wildman–Crippen LogP) is 4.77. The molecule has 1 amide bonds. The van der Waals surface area contributed by atoms with E-state index in [4.69, 9.17) is 0 Å². The standard InChI is InChI=1S/C22H24FN5O/c1-4-28(5-2)19-12-10-18(11-13-19)27-22(29)20-14-21(25-15(3)24-20)26-17-8-6-16(23)7-9-17/h6-14H,4-5H2,1-3H3,(H,27,29)(H,24,25,26). The summed E-state index contributed by atoms with van der Waals surface area (Å²) in [6.07, 6.45) is 0. The van der Waals surface area contributed by atoms with Crippen molar-refractivity contribution in [1.82, 2.24) is 9.97 Å². The third-order valence-corrected chi connectivity index (χ3v) is 4.44. The molecule has 7 heteroatoms. The molecule has 0 bridgehead atoms. The minimum atomic E-state index is -0.326. The molecule has 150 valence electrons. The number of carbonyl (C=O) groups excluding carboxylic acids is 1. The van der Waals surface area contributed by atoms with E-state index in [-0.39, 0.29) is 17.4 Å². The molecule has 2 N–H and O–H groups in total. The van der Waals surface area contributed by atoms with Crippen LogP contribution in [0.5, 0.6) is 0 Å². The number of carbonyl (C=O) groups is 1. The maximum Gasteiger partial charge on any atom is 0.274 e. The van der Waals surface area contributed by atoms with Gasteiger partial charge in [0.1, 0.15) is 23.2 Å². The van der Waals surface area contributed by atoms with Crippen LogP contribution in [-0.2, 0) is 0 Å². The van der Waals surface area contributed by atoms with Gasteiger partial charge in [0.25, 0.3) is 5.91 Å². The quantitative estimate of drug-likeness (QED) is 0.605. The molecule has 0 atom stereocenters. The van der Waals surface area contributed by atoms with Crippen LogP contribution in [0.4, 0.5) is 27.3 Å². The molecule has 0 aliphatic carbocycles. The molecule has 2 aromatic carbocycles. The molecule has 6 nitrogen and oxygen atoms in total. The van der Waals surface area contributed by atoms with Gasteiger partial charge >= 0.3 is 0 Å². The van der Waals surface area contributed by atoms with Crippen molar-refractivity contribution in [2.45, 2.75) is 20.8 Å². The van der Waals surface area contributed by atoms with Crippen molar-refractivity contribution in [3.8, 4) is 0 Å². The Morgan fingerprint density at radius 2 is 1.59 bits per heavy atom. The maximum atomic E-state index is 13.1. The Kier molecular flexibility index (Phi) is 6.39. The Labute approximate surface area is 169 Å². The summed E-state index contributed by atoms with van der Waals surface area (Å²) >= 11 is 0. The molecule has 0 aliphatic rings. The van der Waals surface area contributed by atoms with E-state index in [2.05, 4.69) is 39.3 Å². The van der Waals surface area contributed by atoms with Crippen LogP contribution in [0.25, 0.3) is 0 Å². The van der Waals surface area contributed by atoms with Crippen molar-refractivity contribution in [2.24, 2.45) is 0 Å². The Balaban J connectivity index is 1.73. The Bertz CT molecular complexity index is 969. The highest BCUT2D eigenvalue weighted by Gasteiger charge is 2.12. The molecule has 0 unspecified atom stereocenters. The van der Waals surface area contributed by atoms with Crippen molar-refractivity contribution in [1.29, 1.82) is 0 Å². The predicted molar refractivity (Wildman–Crippen MR) is 114 cm³/mol. The van der Waals surface area contributed by atoms with Crippen LogP contribution < -0.4 is 15.5 Å². The van der Waals surface area contributed by atoms with Gasteiger partial charge < -0.3 is 15.5 Å². The second kappa shape index (κ2) is 9.14. The average Bonchev–Trinajstić information content (AvgIpc) is 2.71. The van der Waals surface area contributed by atoms with E-state index in [9.17, 15) is 9.18 Å². The first-order valence-electron chi connectivity index (χ1n) is 9.53. The summed E-state index contributed by atoms with van der Waals surface area (Å²) in [6.45, 7) is 7.77. The molecule has 29 heavy (non-hydrogen) atoms. The zero-order valence-corrected chi connectivity index (χ0v) is 16.7. The van der Waals surface area contributed by atoms with Crippen LogP contribution in [0.1, 0.15) is 30.2 Å². The number of hydrogen-bond donors (Lipinski definition) is 2. The van der Waals surface area contributed by atoms with Gasteiger partial charge in [-0.15, -0.1) is 0 Å². The zero-order valence-electron chi connectivity index (χ0n) is 16.7. The fourth-order valence-electron chi connectivity index (χ4n) is 2.97. The third kappa shape index (κ3) is 5.28. The van der Waals surface area contributed by atoms with E-state index in [1.165, 1.54) is 12.1 Å². The number of benzene rings is 2. The lowest BCUT2D eigenvalue weighted by Crippen LogP contribution is -2.21. The average molecular weight is 393 g/mol. The monoisotopic (exact) mass is 393 g/mol. The summed E-state index contributed by atoms with van der Waals surface area (Å²) in [5, 5.41) is 5.92. The topological polar surface area (TPSA) is 70.2 Å². The number of aryl methyl sites for hydroxylation is 1. The first kappa shape index (κ1) is 20.3. The van der Waals surface area contributed by atoms with Gasteiger partial charge in [0.05, 0.1) is 0 Å². The lowest BCUT2D eigenvalue weighted by Gasteiger charge is -2.21. The largest absolute Gasteiger partial charge is 0.372 e. The molecule has 0 radical (unpaired) electrons. The molecule has 3 aromatic rings. The van der Waals surface area contributed by atoms with E-state index < -0.39 is 0 Å². The van der Waals surface area contributed by atoms with Gasteiger partial charge in [-0.05, 0) is 69.3 Å². The maximum absolute atomic E-state index is 13.1. The molecular weight excluding hydrogens is 369 g/mol. The number of anilines is 4. The molecule has 1 heterocycles. The van der Waals surface area contributed by atoms with Crippen molar-refractivity contribution in [3.63, 3.8) is 0 Å². The lowest BCUT2D eigenvalue weighted by molar-refractivity contribution is 0.102. The normalized spacial score (nSPS) is 10.5. The molecule has 0 saturated heterocycles. The first-order valence-corrected chi connectivity index (χ1v) is 9.53. The number of amides is 1. The summed E-state index contributed by atoms with van der Waals surface area (Å²) < 4.78 is 13.1. The number of rotatable bonds is 7. The lowest BCUT2D eigenvalue weighted by atomic mass is 10.2. The van der Waals surface area contributed by atoms with Crippen LogP contribution in [0.2, 0.25) is 0 Å². The molecule has 1 aromatic heterocycles. The highest BCUT2D eigenvalue weighted by atomic mass is 19.1. The van der Waals surface area contributed by atoms with E-state index in [0.29, 0.717) is 23.0 Å². The van der Waals surface area contributed by atoms with E-state index in [1.807, 2.05) is 24.3 Å². The molecular formula is C22H24FN5O. The number of aromatic nitrogens is 2. The van der Waals surface area contributed by atoms with Gasteiger partial charge in [0.15, 0.2) is 0 Å². The Hall–Kier alpha value is -3.48. The smallest absolute Gasteiger partial charge is 0.274 e. The van der Waals surface area contributed by atoms with Gasteiger partial charge in [0, 0.05) is 36.2 Å². The van der Waals surface area contributed by atoms with Crippen LogP contribution in [0.3, 0.4) is 0 Å². The zero-order chi connectivity index (χ0) is 20.8. The summed E-state index contributed by atoms with van der Waals surface area (Å²) in [4.78, 5) is 23.4. The summed E-state index contributed by atoms with van der Waals surface area (Å²) in [5.41, 5.74) is 2.71. The molecule has 0 fully saturated rings. The minimum Gasteiger partial charge on any atom is -0.372 e. The van der Waals surface area contributed by atoms with E-state index in [1.54, 1.807) is 25.1 Å². The van der Waals surface area contributed by atoms with Crippen molar-refractivity contribution < 1.29 is 9.18 Å². The van der Waals surface area contributed by atoms with Crippen LogP contribution >= 0.6 is 0 Å². The molecule has 3 rings (SSSR count). The van der Waals surface area contributed by atoms with Gasteiger partial charge in [-0.1, -0.05) is 0 Å². The third-order valence-electron chi connectivity index (χ3n) is 4.44. The molecule has 0 spiro atoms. The second-order valence-electron chi connectivity index (χ2n) is 6.49. The number of halogens is 1. The summed E-state index contributed by atoms with van der Waals surface area (Å²) in [5.74, 6) is 0.278. The summed E-state index contributed by atoms with van der Waals surface area (Å²) in [6, 6.07) is 15.2. The number of hydrogen-bond acceptors (Lipinski definition) is 5. The van der Waals surface area contributed by atoms with E-state index in [0.717, 1.165) is 18.8 Å². The van der Waals surface area contributed by atoms with Gasteiger partial charge in [0.2, 0.25) is 0 Å². The fourth-order valence-corrected chi connectivity index (χ4v) is 2.97. The molecule has 0 saturated carbocycles. The van der Waals surface area contributed by atoms with Crippen LogP contribution in [0.15, 0.2) is 54.6 Å². The van der Waals surface area contributed by atoms with Crippen molar-refractivity contribution in [2.75, 3.05) is 28.6 Å².